The largest absolute Gasteiger partial charge is 0.322 e. The Morgan fingerprint density at radius 3 is 2.09 bits per heavy atom. The van der Waals surface area contributed by atoms with Crippen LogP contribution < -0.4 is 9.62 Å². The van der Waals surface area contributed by atoms with Crippen LogP contribution in [-0.2, 0) is 10.0 Å². The van der Waals surface area contributed by atoms with Crippen molar-refractivity contribution in [3.8, 4) is 0 Å². The summed E-state index contributed by atoms with van der Waals surface area (Å²) in [5, 5.41) is 2.76. The average molecular weight is 383 g/mol. The molecule has 0 aliphatic carbocycles. The molecule has 0 saturated heterocycles. The molecule has 0 bridgehead atoms. The SMILES string of the molecule is CN(c1ccc(NC(=O)c2ccc(Br)cc2)cc1)S(C)(=O)=O. The van der Waals surface area contributed by atoms with Crippen LogP contribution in [0.4, 0.5) is 11.4 Å². The second-order valence-corrected chi connectivity index (χ2v) is 7.67. The van der Waals surface area contributed by atoms with Gasteiger partial charge in [-0.2, -0.15) is 0 Å². The molecule has 0 radical (unpaired) electrons. The average Bonchev–Trinajstić information content (AvgIpc) is 2.47. The Morgan fingerprint density at radius 2 is 1.59 bits per heavy atom. The summed E-state index contributed by atoms with van der Waals surface area (Å²) >= 11 is 3.31. The van der Waals surface area contributed by atoms with Gasteiger partial charge in [0.2, 0.25) is 10.0 Å². The molecule has 0 atom stereocenters. The van der Waals surface area contributed by atoms with E-state index >= 15 is 0 Å². The van der Waals surface area contributed by atoms with Crippen LogP contribution in [-0.4, -0.2) is 27.6 Å². The number of halogens is 1. The number of carbonyl (C=O) groups excluding carboxylic acids is 1. The van der Waals surface area contributed by atoms with Gasteiger partial charge in [-0.15, -0.1) is 0 Å². The minimum Gasteiger partial charge on any atom is -0.322 e. The summed E-state index contributed by atoms with van der Waals surface area (Å²) in [6, 6.07) is 13.6. The lowest BCUT2D eigenvalue weighted by atomic mass is 10.2. The fraction of sp³-hybridized carbons (Fsp3) is 0.133. The van der Waals surface area contributed by atoms with Crippen molar-refractivity contribution in [2.24, 2.45) is 0 Å². The highest BCUT2D eigenvalue weighted by molar-refractivity contribution is 9.10. The predicted octanol–water partition coefficient (Wildman–Crippen LogP) is 3.10. The first-order valence-electron chi connectivity index (χ1n) is 6.38. The van der Waals surface area contributed by atoms with Gasteiger partial charge in [0.25, 0.3) is 5.91 Å². The molecule has 2 aromatic carbocycles. The molecule has 1 N–H and O–H groups in total. The Bertz CT molecular complexity index is 771. The molecule has 7 heteroatoms. The molecule has 0 saturated carbocycles. The number of anilines is 2. The van der Waals surface area contributed by atoms with Crippen molar-refractivity contribution in [3.63, 3.8) is 0 Å². The van der Waals surface area contributed by atoms with Crippen molar-refractivity contribution in [2.45, 2.75) is 0 Å². The molecular formula is C15H15BrN2O3S. The molecular weight excluding hydrogens is 368 g/mol. The monoisotopic (exact) mass is 382 g/mol. The van der Waals surface area contributed by atoms with Gasteiger partial charge in [0, 0.05) is 22.8 Å². The Labute approximate surface area is 138 Å². The number of carbonyl (C=O) groups is 1. The van der Waals surface area contributed by atoms with Gasteiger partial charge in [0.15, 0.2) is 0 Å². The normalized spacial score (nSPS) is 11.0. The molecule has 0 aliphatic rings. The van der Waals surface area contributed by atoms with Crippen molar-refractivity contribution < 1.29 is 13.2 Å². The van der Waals surface area contributed by atoms with E-state index in [2.05, 4.69) is 21.2 Å². The standard InChI is InChI=1S/C15H15BrN2O3S/c1-18(22(2,20)21)14-9-7-13(8-10-14)17-15(19)11-3-5-12(16)6-4-11/h3-10H,1-2H3,(H,17,19). The van der Waals surface area contributed by atoms with Crippen LogP contribution in [0.1, 0.15) is 10.4 Å². The molecule has 2 rings (SSSR count). The van der Waals surface area contributed by atoms with Crippen molar-refractivity contribution >= 4 is 43.2 Å². The van der Waals surface area contributed by atoms with E-state index in [1.807, 2.05) is 0 Å². The molecule has 116 valence electrons. The van der Waals surface area contributed by atoms with E-state index in [1.54, 1.807) is 48.5 Å². The Morgan fingerprint density at radius 1 is 1.05 bits per heavy atom. The molecule has 0 heterocycles. The summed E-state index contributed by atoms with van der Waals surface area (Å²) < 4.78 is 25.0. The highest BCUT2D eigenvalue weighted by Gasteiger charge is 2.12. The number of rotatable bonds is 4. The van der Waals surface area contributed by atoms with E-state index in [4.69, 9.17) is 0 Å². The smallest absolute Gasteiger partial charge is 0.255 e. The third-order valence-electron chi connectivity index (χ3n) is 3.09. The molecule has 22 heavy (non-hydrogen) atoms. The maximum absolute atomic E-state index is 12.1. The summed E-state index contributed by atoms with van der Waals surface area (Å²) in [5.41, 5.74) is 1.67. The summed E-state index contributed by atoms with van der Waals surface area (Å²) in [5.74, 6) is -0.225. The zero-order valence-electron chi connectivity index (χ0n) is 12.1. The van der Waals surface area contributed by atoms with Crippen molar-refractivity contribution in [1.82, 2.24) is 0 Å². The van der Waals surface area contributed by atoms with Crippen LogP contribution in [0.25, 0.3) is 0 Å². The summed E-state index contributed by atoms with van der Waals surface area (Å²) in [4.78, 5) is 12.1. The van der Waals surface area contributed by atoms with Gasteiger partial charge in [-0.25, -0.2) is 8.42 Å². The second kappa shape index (κ2) is 6.50. The molecule has 2 aromatic rings. The van der Waals surface area contributed by atoms with Crippen LogP contribution in [0.15, 0.2) is 53.0 Å². The van der Waals surface area contributed by atoms with Gasteiger partial charge >= 0.3 is 0 Å². The van der Waals surface area contributed by atoms with Gasteiger partial charge in [0.05, 0.1) is 11.9 Å². The minimum atomic E-state index is -3.30. The molecule has 1 amide bonds. The van der Waals surface area contributed by atoms with Crippen molar-refractivity contribution in [2.75, 3.05) is 22.9 Å². The van der Waals surface area contributed by atoms with Gasteiger partial charge in [-0.05, 0) is 48.5 Å². The molecule has 0 aromatic heterocycles. The quantitative estimate of drug-likeness (QED) is 0.883. The first-order valence-corrected chi connectivity index (χ1v) is 9.02. The first-order chi connectivity index (χ1) is 10.3. The van der Waals surface area contributed by atoms with E-state index < -0.39 is 10.0 Å². The summed E-state index contributed by atoms with van der Waals surface area (Å²) in [6.07, 6.45) is 1.14. The maximum atomic E-state index is 12.1. The van der Waals surface area contributed by atoms with Crippen LogP contribution in [0, 0.1) is 0 Å². The summed E-state index contributed by atoms with van der Waals surface area (Å²) in [6.45, 7) is 0. The van der Waals surface area contributed by atoms with Gasteiger partial charge in [-0.1, -0.05) is 15.9 Å². The highest BCUT2D eigenvalue weighted by atomic mass is 79.9. The fourth-order valence-electron chi connectivity index (χ4n) is 1.75. The molecule has 0 unspecified atom stereocenters. The van der Waals surface area contributed by atoms with E-state index in [0.717, 1.165) is 10.7 Å². The van der Waals surface area contributed by atoms with E-state index in [0.29, 0.717) is 16.9 Å². The second-order valence-electron chi connectivity index (χ2n) is 4.74. The van der Waals surface area contributed by atoms with E-state index in [9.17, 15) is 13.2 Å². The van der Waals surface area contributed by atoms with Crippen LogP contribution in [0.3, 0.4) is 0 Å². The zero-order chi connectivity index (χ0) is 16.3. The van der Waals surface area contributed by atoms with Gasteiger partial charge in [0.1, 0.15) is 0 Å². The Hall–Kier alpha value is -1.86. The lowest BCUT2D eigenvalue weighted by Gasteiger charge is -2.16. The van der Waals surface area contributed by atoms with Crippen LogP contribution in [0.2, 0.25) is 0 Å². The number of hydrogen-bond donors (Lipinski definition) is 1. The number of amides is 1. The molecule has 5 nitrogen and oxygen atoms in total. The molecule has 0 fully saturated rings. The maximum Gasteiger partial charge on any atom is 0.255 e. The molecule has 0 aliphatic heterocycles. The topological polar surface area (TPSA) is 66.5 Å². The molecule has 0 spiro atoms. The van der Waals surface area contributed by atoms with E-state index in [-0.39, 0.29) is 5.91 Å². The zero-order valence-corrected chi connectivity index (χ0v) is 14.5. The van der Waals surface area contributed by atoms with Crippen LogP contribution in [0.5, 0.6) is 0 Å². The Kier molecular flexibility index (Phi) is 4.87. The number of hydrogen-bond acceptors (Lipinski definition) is 3. The number of benzene rings is 2. The van der Waals surface area contributed by atoms with Crippen molar-refractivity contribution in [3.05, 3.63) is 58.6 Å². The number of nitrogens with zero attached hydrogens (tertiary/aromatic N) is 1. The van der Waals surface area contributed by atoms with Gasteiger partial charge in [-0.3, -0.25) is 9.10 Å². The number of nitrogens with one attached hydrogen (secondary N) is 1. The van der Waals surface area contributed by atoms with Crippen molar-refractivity contribution in [1.29, 1.82) is 0 Å². The van der Waals surface area contributed by atoms with Crippen LogP contribution >= 0.6 is 15.9 Å². The van der Waals surface area contributed by atoms with E-state index in [1.165, 1.54) is 11.4 Å². The summed E-state index contributed by atoms with van der Waals surface area (Å²) in [7, 11) is -1.82. The predicted molar refractivity (Wildman–Crippen MR) is 91.8 cm³/mol. The third-order valence-corrected chi connectivity index (χ3v) is 4.83. The van der Waals surface area contributed by atoms with Gasteiger partial charge < -0.3 is 5.32 Å². The highest BCUT2D eigenvalue weighted by Crippen LogP contribution is 2.19. The third kappa shape index (κ3) is 4.08. The lowest BCUT2D eigenvalue weighted by Crippen LogP contribution is -2.24. The first kappa shape index (κ1) is 16.5. The fourth-order valence-corrected chi connectivity index (χ4v) is 2.52. The Balaban J connectivity index is 2.11. The lowest BCUT2D eigenvalue weighted by molar-refractivity contribution is 0.102. The minimum absolute atomic E-state index is 0.225. The number of sulfonamides is 1.